The van der Waals surface area contributed by atoms with Crippen LogP contribution in [0.4, 0.5) is 0 Å². The quantitative estimate of drug-likeness (QED) is 0.526. The van der Waals surface area contributed by atoms with Crippen LogP contribution in [-0.2, 0) is 29.0 Å². The van der Waals surface area contributed by atoms with Gasteiger partial charge in [-0.2, -0.15) is 0 Å². The Morgan fingerprint density at radius 1 is 1.00 bits per heavy atom. The van der Waals surface area contributed by atoms with Crippen LogP contribution in [0.15, 0.2) is 42.5 Å². The Morgan fingerprint density at radius 2 is 1.67 bits per heavy atom. The highest BCUT2D eigenvalue weighted by Crippen LogP contribution is 2.24. The zero-order chi connectivity index (χ0) is 22.1. The van der Waals surface area contributed by atoms with Gasteiger partial charge in [-0.25, -0.2) is 0 Å². The van der Waals surface area contributed by atoms with E-state index in [1.807, 2.05) is 13.8 Å². The molecule has 2 rings (SSSR count). The second-order valence-corrected chi connectivity index (χ2v) is 8.09. The van der Waals surface area contributed by atoms with E-state index in [0.29, 0.717) is 35.9 Å². The lowest BCUT2D eigenvalue weighted by Crippen LogP contribution is -2.49. The van der Waals surface area contributed by atoms with E-state index in [2.05, 4.69) is 36.5 Å². The van der Waals surface area contributed by atoms with Gasteiger partial charge in [-0.05, 0) is 55.0 Å². The van der Waals surface area contributed by atoms with Gasteiger partial charge in [0.2, 0.25) is 11.8 Å². The van der Waals surface area contributed by atoms with Crippen molar-refractivity contribution in [3.8, 4) is 0 Å². The van der Waals surface area contributed by atoms with Crippen LogP contribution in [0, 0.1) is 0 Å². The molecule has 0 saturated carbocycles. The number of carbonyl (C=O) groups excluding carboxylic acids is 2. The number of nitrogens with zero attached hydrogens (tertiary/aromatic N) is 1. The monoisotopic (exact) mass is 448 g/mol. The normalized spacial score (nSPS) is 11.8. The minimum Gasteiger partial charge on any atom is -0.355 e. The van der Waals surface area contributed by atoms with E-state index >= 15 is 0 Å². The number of nitrogens with one attached hydrogen (secondary N) is 1. The largest absolute Gasteiger partial charge is 0.355 e. The molecule has 2 aromatic carbocycles. The summed E-state index contributed by atoms with van der Waals surface area (Å²) in [7, 11) is 0. The van der Waals surface area contributed by atoms with E-state index in [0.717, 1.165) is 17.5 Å². The fraction of sp³-hybridized carbons (Fsp3) is 0.417. The minimum absolute atomic E-state index is 0.0707. The number of hydrogen-bond acceptors (Lipinski definition) is 2. The van der Waals surface area contributed by atoms with E-state index in [9.17, 15) is 9.59 Å². The highest BCUT2D eigenvalue weighted by Gasteiger charge is 2.28. The summed E-state index contributed by atoms with van der Waals surface area (Å²) >= 11 is 12.4. The topological polar surface area (TPSA) is 49.4 Å². The molecule has 2 aromatic rings. The summed E-state index contributed by atoms with van der Waals surface area (Å²) in [6.07, 6.45) is 2.46. The van der Waals surface area contributed by atoms with Gasteiger partial charge in [0.15, 0.2) is 0 Å². The lowest BCUT2D eigenvalue weighted by Gasteiger charge is -2.31. The van der Waals surface area contributed by atoms with Crippen LogP contribution in [0.5, 0.6) is 0 Å². The molecule has 0 aliphatic heterocycles. The maximum atomic E-state index is 13.2. The fourth-order valence-electron chi connectivity index (χ4n) is 3.38. The lowest BCUT2D eigenvalue weighted by atomic mass is 10.0. The molecule has 0 spiro atoms. The molecule has 1 atom stereocenters. The third-order valence-electron chi connectivity index (χ3n) is 5.15. The van der Waals surface area contributed by atoms with Crippen molar-refractivity contribution in [1.82, 2.24) is 10.2 Å². The minimum atomic E-state index is -0.549. The molecule has 6 heteroatoms. The van der Waals surface area contributed by atoms with Gasteiger partial charge in [0.25, 0.3) is 0 Å². The van der Waals surface area contributed by atoms with Crippen molar-refractivity contribution in [2.75, 3.05) is 6.54 Å². The summed E-state index contributed by atoms with van der Waals surface area (Å²) in [6.45, 7) is 6.67. The predicted octanol–water partition coefficient (Wildman–Crippen LogP) is 5.43. The smallest absolute Gasteiger partial charge is 0.242 e. The molecule has 30 heavy (non-hydrogen) atoms. The van der Waals surface area contributed by atoms with Crippen molar-refractivity contribution in [2.24, 2.45) is 0 Å². The Morgan fingerprint density at radius 3 is 2.23 bits per heavy atom. The Bertz CT molecular complexity index is 853. The summed E-state index contributed by atoms with van der Waals surface area (Å²) in [5.41, 5.74) is 3.15. The van der Waals surface area contributed by atoms with Gasteiger partial charge >= 0.3 is 0 Å². The summed E-state index contributed by atoms with van der Waals surface area (Å²) < 4.78 is 0. The molecule has 0 fully saturated rings. The van der Waals surface area contributed by atoms with E-state index < -0.39 is 6.04 Å². The standard InChI is InChI=1S/C24H30Cl2N2O2/c1-4-17-7-9-18(10-8-17)11-14-23(29)28(22(5-2)24(30)27-6-3)16-19-12-13-20(25)15-21(19)26/h7-10,12-13,15,22H,4-6,11,14,16H2,1-3H3,(H,27,30)/t22-/m0/s1. The van der Waals surface area contributed by atoms with Crippen LogP contribution >= 0.6 is 23.2 Å². The molecule has 1 N–H and O–H groups in total. The average Bonchev–Trinajstić information content (AvgIpc) is 2.74. The van der Waals surface area contributed by atoms with Crippen LogP contribution < -0.4 is 5.32 Å². The van der Waals surface area contributed by atoms with Crippen LogP contribution in [0.2, 0.25) is 10.0 Å². The molecule has 162 valence electrons. The number of hydrogen-bond donors (Lipinski definition) is 1. The number of likely N-dealkylation sites (N-methyl/N-ethyl adjacent to an activating group) is 1. The number of halogens is 2. The maximum absolute atomic E-state index is 13.2. The van der Waals surface area contributed by atoms with Gasteiger partial charge in [0.1, 0.15) is 6.04 Å². The zero-order valence-electron chi connectivity index (χ0n) is 17.9. The number of amides is 2. The van der Waals surface area contributed by atoms with E-state index in [1.165, 1.54) is 5.56 Å². The third kappa shape index (κ3) is 6.75. The molecule has 2 amide bonds. The Hall–Kier alpha value is -2.04. The number of carbonyl (C=O) groups is 2. The van der Waals surface area contributed by atoms with Gasteiger partial charge in [-0.3, -0.25) is 9.59 Å². The first-order valence-electron chi connectivity index (χ1n) is 10.5. The molecule has 0 aliphatic rings. The number of aryl methyl sites for hydroxylation is 2. The van der Waals surface area contributed by atoms with Crippen molar-refractivity contribution >= 4 is 35.0 Å². The summed E-state index contributed by atoms with van der Waals surface area (Å²) in [4.78, 5) is 27.5. The number of benzene rings is 2. The van der Waals surface area contributed by atoms with E-state index in [4.69, 9.17) is 23.2 Å². The molecular weight excluding hydrogens is 419 g/mol. The summed E-state index contributed by atoms with van der Waals surface area (Å²) in [5, 5.41) is 3.86. The van der Waals surface area contributed by atoms with Crippen molar-refractivity contribution in [1.29, 1.82) is 0 Å². The van der Waals surface area contributed by atoms with Crippen molar-refractivity contribution in [3.63, 3.8) is 0 Å². The number of rotatable bonds is 10. The van der Waals surface area contributed by atoms with Crippen LogP contribution in [-0.4, -0.2) is 29.3 Å². The molecule has 0 aliphatic carbocycles. The highest BCUT2D eigenvalue weighted by atomic mass is 35.5. The second kappa shape index (κ2) is 12.0. The Balaban J connectivity index is 2.21. The van der Waals surface area contributed by atoms with Crippen LogP contribution in [0.25, 0.3) is 0 Å². The highest BCUT2D eigenvalue weighted by molar-refractivity contribution is 6.35. The molecule has 0 aromatic heterocycles. The zero-order valence-corrected chi connectivity index (χ0v) is 19.4. The fourth-order valence-corrected chi connectivity index (χ4v) is 3.85. The van der Waals surface area contributed by atoms with Crippen LogP contribution in [0.1, 0.15) is 50.3 Å². The van der Waals surface area contributed by atoms with Crippen molar-refractivity contribution < 1.29 is 9.59 Å². The van der Waals surface area contributed by atoms with E-state index in [-0.39, 0.29) is 18.4 Å². The first-order valence-corrected chi connectivity index (χ1v) is 11.2. The molecule has 0 bridgehead atoms. The van der Waals surface area contributed by atoms with Gasteiger partial charge in [-0.15, -0.1) is 0 Å². The SMILES string of the molecule is CCNC(=O)[C@H](CC)N(Cc1ccc(Cl)cc1Cl)C(=O)CCc1ccc(CC)cc1. The first-order chi connectivity index (χ1) is 14.4. The molecule has 4 nitrogen and oxygen atoms in total. The Labute approximate surface area is 189 Å². The van der Waals surface area contributed by atoms with Crippen LogP contribution in [0.3, 0.4) is 0 Å². The van der Waals surface area contributed by atoms with E-state index in [1.54, 1.807) is 23.1 Å². The predicted molar refractivity (Wildman–Crippen MR) is 124 cm³/mol. The van der Waals surface area contributed by atoms with Crippen molar-refractivity contribution in [3.05, 3.63) is 69.2 Å². The maximum Gasteiger partial charge on any atom is 0.242 e. The van der Waals surface area contributed by atoms with Gasteiger partial charge in [-0.1, -0.05) is 67.4 Å². The lowest BCUT2D eigenvalue weighted by molar-refractivity contribution is -0.141. The third-order valence-corrected chi connectivity index (χ3v) is 5.74. The molecule has 0 radical (unpaired) electrons. The summed E-state index contributed by atoms with van der Waals surface area (Å²) in [6, 6.07) is 13.0. The second-order valence-electron chi connectivity index (χ2n) is 7.25. The molecule has 0 saturated heterocycles. The molecular formula is C24H30Cl2N2O2. The van der Waals surface area contributed by atoms with Gasteiger partial charge < -0.3 is 10.2 Å². The van der Waals surface area contributed by atoms with Gasteiger partial charge in [0, 0.05) is 29.6 Å². The summed E-state index contributed by atoms with van der Waals surface area (Å²) in [5.74, 6) is -0.218. The van der Waals surface area contributed by atoms with Crippen molar-refractivity contribution in [2.45, 2.75) is 59.0 Å². The first kappa shape index (κ1) is 24.2. The average molecular weight is 449 g/mol. The molecule has 0 heterocycles. The molecule has 0 unspecified atom stereocenters. The van der Waals surface area contributed by atoms with Gasteiger partial charge in [0.05, 0.1) is 0 Å². The Kier molecular flexibility index (Phi) is 9.67.